The second-order valence-corrected chi connectivity index (χ2v) is 15.0. The number of thioether (sulfide) groups is 1. The van der Waals surface area contributed by atoms with Crippen LogP contribution in [0.15, 0.2) is 35.6 Å². The number of rotatable bonds is 23. The fraction of sp³-hybridized carbons (Fsp3) is 0.763. The number of hydrogen-bond acceptors (Lipinski definition) is 11. The highest BCUT2D eigenvalue weighted by Gasteiger charge is 2.42. The maximum absolute atomic E-state index is 12.4. The molecule has 3 aliphatic rings. The molecule has 6 N–H and O–H groups in total. The third-order valence-corrected chi connectivity index (χ3v) is 10.9. The van der Waals surface area contributed by atoms with Crippen LogP contribution in [-0.2, 0) is 33.3 Å². The van der Waals surface area contributed by atoms with Gasteiger partial charge in [-0.15, -0.1) is 0 Å². The van der Waals surface area contributed by atoms with Gasteiger partial charge in [0.25, 0.3) is 0 Å². The van der Waals surface area contributed by atoms with E-state index in [4.69, 9.17) is 23.7 Å². The molecule has 0 bridgehead atoms. The monoisotopic (exact) mass is 767 g/mol. The van der Waals surface area contributed by atoms with Gasteiger partial charge in [0, 0.05) is 42.7 Å². The Hall–Kier alpha value is -2.66. The van der Waals surface area contributed by atoms with Gasteiger partial charge in [-0.05, 0) is 51.9 Å². The number of fused-ring (bicyclic) bond motifs is 1. The molecule has 2 fully saturated rings. The average Bonchev–Trinajstić information content (AvgIpc) is 3.70. The highest BCUT2D eigenvalue weighted by Crippen LogP contribution is 2.33. The summed E-state index contributed by atoms with van der Waals surface area (Å²) >= 11 is 1.90. The number of allylic oxidation sites excluding steroid dienone is 4. The van der Waals surface area contributed by atoms with Gasteiger partial charge in [0.1, 0.15) is 6.10 Å². The van der Waals surface area contributed by atoms with Gasteiger partial charge in [-0.2, -0.15) is 11.8 Å². The fourth-order valence-corrected chi connectivity index (χ4v) is 7.86. The van der Waals surface area contributed by atoms with E-state index < -0.39 is 6.10 Å². The number of ether oxygens (including phenoxy) is 5. The number of hydrogen-bond donors (Lipinski definition) is 6. The largest absolute Gasteiger partial charge is 0.389 e. The summed E-state index contributed by atoms with van der Waals surface area (Å²) < 4.78 is 27.6. The first-order valence-electron chi connectivity index (χ1n) is 19.3. The molecule has 0 radical (unpaired) electrons. The number of amides is 4. The van der Waals surface area contributed by atoms with E-state index in [2.05, 4.69) is 45.0 Å². The van der Waals surface area contributed by atoms with Crippen molar-refractivity contribution in [1.29, 1.82) is 0 Å². The molecule has 1 aliphatic carbocycles. The molecule has 4 amide bonds. The summed E-state index contributed by atoms with van der Waals surface area (Å²) in [5.41, 5.74) is 8.00. The minimum absolute atomic E-state index is 0.0335. The van der Waals surface area contributed by atoms with Crippen LogP contribution in [0.1, 0.15) is 78.1 Å². The van der Waals surface area contributed by atoms with Crippen LogP contribution in [0, 0.1) is 5.92 Å². The van der Waals surface area contributed by atoms with E-state index in [0.29, 0.717) is 71.1 Å². The van der Waals surface area contributed by atoms with E-state index in [1.54, 1.807) is 7.11 Å². The third kappa shape index (κ3) is 19.0. The van der Waals surface area contributed by atoms with Crippen molar-refractivity contribution >= 4 is 29.6 Å². The number of carbonyl (C=O) groups is 3. The predicted molar refractivity (Wildman–Crippen MR) is 206 cm³/mol. The first-order chi connectivity index (χ1) is 25.8. The van der Waals surface area contributed by atoms with Gasteiger partial charge in [-0.25, -0.2) is 4.79 Å². The molecule has 15 heteroatoms. The van der Waals surface area contributed by atoms with Gasteiger partial charge >= 0.3 is 6.03 Å². The fourth-order valence-electron chi connectivity index (χ4n) is 6.32. The molecule has 0 aromatic heterocycles. The van der Waals surface area contributed by atoms with Crippen molar-refractivity contribution in [3.8, 4) is 0 Å². The number of aliphatic hydroxyl groups excluding tert-OH is 1. The molecule has 0 aromatic carbocycles. The minimum Gasteiger partial charge on any atom is -0.389 e. The van der Waals surface area contributed by atoms with Crippen molar-refractivity contribution in [2.45, 2.75) is 108 Å². The van der Waals surface area contributed by atoms with Crippen LogP contribution >= 0.6 is 11.8 Å². The number of nitrogens with one attached hydrogen (secondary N) is 5. The molecule has 3 rings (SSSR count). The molecular formula is C38H65N5O9S. The van der Waals surface area contributed by atoms with E-state index in [-0.39, 0.29) is 48.4 Å². The van der Waals surface area contributed by atoms with E-state index in [1.807, 2.05) is 31.7 Å². The number of carbonyl (C=O) groups excluding carboxylic acids is 3. The van der Waals surface area contributed by atoms with Gasteiger partial charge in [0.2, 0.25) is 11.8 Å². The van der Waals surface area contributed by atoms with E-state index in [9.17, 15) is 19.5 Å². The minimum atomic E-state index is -0.616. The van der Waals surface area contributed by atoms with Gasteiger partial charge in [-0.3, -0.25) is 15.0 Å². The number of urea groups is 1. The molecule has 6 atom stereocenters. The van der Waals surface area contributed by atoms with Crippen LogP contribution in [0.4, 0.5) is 4.79 Å². The highest BCUT2D eigenvalue weighted by atomic mass is 32.2. The van der Waals surface area contributed by atoms with Crippen molar-refractivity contribution in [1.82, 2.24) is 26.8 Å². The van der Waals surface area contributed by atoms with E-state index in [1.165, 1.54) is 0 Å². The zero-order chi connectivity index (χ0) is 38.1. The summed E-state index contributed by atoms with van der Waals surface area (Å²) in [5, 5.41) is 20.0. The highest BCUT2D eigenvalue weighted by molar-refractivity contribution is 8.00. The van der Waals surface area contributed by atoms with Crippen LogP contribution in [0.3, 0.4) is 0 Å². The van der Waals surface area contributed by atoms with Gasteiger partial charge in [0.05, 0.1) is 77.5 Å². The lowest BCUT2D eigenvalue weighted by atomic mass is 9.95. The van der Waals surface area contributed by atoms with Crippen molar-refractivity contribution < 1.29 is 43.2 Å². The molecule has 0 spiro atoms. The molecule has 302 valence electrons. The van der Waals surface area contributed by atoms with Crippen molar-refractivity contribution in [2.24, 2.45) is 5.92 Å². The summed E-state index contributed by atoms with van der Waals surface area (Å²) in [6.45, 7) is 7.78. The van der Waals surface area contributed by atoms with Crippen molar-refractivity contribution in [3.63, 3.8) is 0 Å². The molecule has 0 aromatic rings. The van der Waals surface area contributed by atoms with Crippen molar-refractivity contribution in [2.75, 3.05) is 72.3 Å². The number of unbranched alkanes of at least 4 members (excludes halogenated alkanes) is 1. The lowest BCUT2D eigenvalue weighted by Crippen LogP contribution is -2.37. The Kier molecular flexibility index (Phi) is 22.8. The predicted octanol–water partition coefficient (Wildman–Crippen LogP) is 3.27. The van der Waals surface area contributed by atoms with Crippen LogP contribution in [0.5, 0.6) is 0 Å². The van der Waals surface area contributed by atoms with Gasteiger partial charge < -0.3 is 50.2 Å². The van der Waals surface area contributed by atoms with E-state index >= 15 is 0 Å². The summed E-state index contributed by atoms with van der Waals surface area (Å²) in [4.78, 5) is 35.9. The second kappa shape index (κ2) is 27.0. The molecule has 2 heterocycles. The third-order valence-electron chi connectivity index (χ3n) is 9.36. The Labute approximate surface area is 320 Å². The molecule has 3 unspecified atom stereocenters. The molecule has 2 saturated heterocycles. The topological polar surface area (TPSA) is 178 Å². The molecular weight excluding hydrogens is 703 g/mol. The Morgan fingerprint density at radius 1 is 0.943 bits per heavy atom. The summed E-state index contributed by atoms with van der Waals surface area (Å²) in [7, 11) is 1.62. The maximum atomic E-state index is 12.4. The number of methoxy groups -OCH3 is 1. The molecule has 53 heavy (non-hydrogen) atoms. The second-order valence-electron chi connectivity index (χ2n) is 13.8. The average molecular weight is 768 g/mol. The first-order valence-corrected chi connectivity index (χ1v) is 20.4. The summed E-state index contributed by atoms with van der Waals surface area (Å²) in [6, 6.07) is 0.389. The Balaban J connectivity index is 1.09. The number of aliphatic hydroxyl groups is 1. The standard InChI is InChI=1S/C38H65N5O9S/c1-28-14-15-30(10-6-4-5-7-11-32(48-3)37(46)29(2)26-28)42-43-35(45)16-18-49-20-22-51-24-25-52-23-21-50-19-17-39-34(44)13-9-8-12-33-36-31(27-53-33)40-38(47)41-36/h7,11,15,26,29,31-33,36-37,42,46H,4-6,8-10,12-14,16-25,27H2,1-3H3,(H,39,44)(H,43,45)(H2,40,41,47)/t29-,31?,32+,33?,36?,37+/m1/s1. The summed E-state index contributed by atoms with van der Waals surface area (Å²) in [5.74, 6) is 0.785. The Morgan fingerprint density at radius 3 is 2.40 bits per heavy atom. The van der Waals surface area contributed by atoms with Crippen LogP contribution in [-0.4, -0.2) is 125 Å². The van der Waals surface area contributed by atoms with Gasteiger partial charge in [0.15, 0.2) is 0 Å². The quantitative estimate of drug-likeness (QED) is 0.0390. The first kappa shape index (κ1) is 44.7. The van der Waals surface area contributed by atoms with Crippen LogP contribution in [0.25, 0.3) is 0 Å². The zero-order valence-electron chi connectivity index (χ0n) is 32.0. The smallest absolute Gasteiger partial charge is 0.315 e. The van der Waals surface area contributed by atoms with Crippen LogP contribution in [0.2, 0.25) is 0 Å². The SMILES string of the molecule is CO[C@H]1C=CCCCCC(NNC(=O)CCOCCOCCOCCOCCNC(=O)CCCCC2SCC3NC(=O)NC32)=CCC(C)=C[C@@H](C)[C@@H]1O. The van der Waals surface area contributed by atoms with Crippen LogP contribution < -0.4 is 26.8 Å². The molecule has 14 nitrogen and oxygen atoms in total. The Bertz CT molecular complexity index is 1170. The molecule has 2 aliphatic heterocycles. The normalized spacial score (nSPS) is 25.0. The lowest BCUT2D eigenvalue weighted by Gasteiger charge is -2.23. The lowest BCUT2D eigenvalue weighted by molar-refractivity contribution is -0.123. The van der Waals surface area contributed by atoms with Crippen molar-refractivity contribution in [3.05, 3.63) is 35.6 Å². The maximum Gasteiger partial charge on any atom is 0.315 e. The molecule has 0 saturated carbocycles. The Morgan fingerprint density at radius 2 is 1.66 bits per heavy atom. The zero-order valence-corrected chi connectivity index (χ0v) is 32.9. The summed E-state index contributed by atoms with van der Waals surface area (Å²) in [6.07, 6.45) is 15.2. The van der Waals surface area contributed by atoms with Gasteiger partial charge in [-0.1, -0.05) is 43.2 Å². The number of hydrazine groups is 1. The van der Waals surface area contributed by atoms with E-state index in [0.717, 1.165) is 68.4 Å².